The summed E-state index contributed by atoms with van der Waals surface area (Å²) in [5.41, 5.74) is 4.32. The van der Waals surface area contributed by atoms with Gasteiger partial charge in [0.05, 0.1) is 20.8 Å². The average Bonchev–Trinajstić information content (AvgIpc) is 3.12. The topological polar surface area (TPSA) is 54.5 Å². The van der Waals surface area contributed by atoms with Gasteiger partial charge < -0.3 is 0 Å². The van der Waals surface area contributed by atoms with E-state index in [1.165, 1.54) is 0 Å². The number of sulfone groups is 1. The molecule has 0 aliphatic carbocycles. The van der Waals surface area contributed by atoms with Crippen molar-refractivity contribution in [2.45, 2.75) is 9.79 Å². The molecule has 0 aromatic heterocycles. The van der Waals surface area contributed by atoms with E-state index in [4.69, 9.17) is 0 Å². The molecule has 0 amide bonds. The molecule has 42 heavy (non-hydrogen) atoms. The van der Waals surface area contributed by atoms with E-state index in [-0.39, 0.29) is 15.1 Å². The molecule has 1 heterocycles. The minimum Gasteiger partial charge on any atom is -0.289 e. The summed E-state index contributed by atoms with van der Waals surface area (Å²) in [5.74, 6) is 0. The second kappa shape index (κ2) is 10.3. The van der Waals surface area contributed by atoms with Gasteiger partial charge in [0, 0.05) is 11.0 Å². The average molecular weight is 584 g/mol. The smallest absolute Gasteiger partial charge is 0.235 e. The van der Waals surface area contributed by atoms with Crippen molar-refractivity contribution in [2.75, 3.05) is 4.67 Å². The Morgan fingerprint density at radius 2 is 0.952 bits per heavy atom. The maximum absolute atomic E-state index is 15.9. The second-order valence-corrected chi connectivity index (χ2v) is 14.6. The number of rotatable bonds is 4. The molecule has 7 rings (SSSR count). The lowest BCUT2D eigenvalue weighted by molar-refractivity contribution is 0.586. The lowest BCUT2D eigenvalue weighted by atomic mass is 10.1. The minimum absolute atomic E-state index is 0.0564. The summed E-state index contributed by atoms with van der Waals surface area (Å²) >= 11 is 0. The molecule has 6 heteroatoms. The molecule has 6 aromatic rings. The van der Waals surface area contributed by atoms with Crippen LogP contribution in [0.5, 0.6) is 0 Å². The molecule has 0 fully saturated rings. The summed E-state index contributed by atoms with van der Waals surface area (Å²) in [6, 6.07) is 48.6. The van der Waals surface area contributed by atoms with Crippen molar-refractivity contribution in [3.8, 4) is 22.3 Å². The maximum Gasteiger partial charge on any atom is 0.235 e. The molecule has 0 radical (unpaired) electrons. The van der Waals surface area contributed by atoms with Crippen LogP contribution in [0.3, 0.4) is 0 Å². The first-order chi connectivity index (χ1) is 20.5. The van der Waals surface area contributed by atoms with E-state index in [1.807, 2.05) is 133 Å². The molecule has 1 aliphatic heterocycles. The number of benzene rings is 6. The Morgan fingerprint density at radius 1 is 0.476 bits per heavy atom. The zero-order valence-electron chi connectivity index (χ0n) is 22.5. The van der Waals surface area contributed by atoms with E-state index in [9.17, 15) is 8.42 Å². The van der Waals surface area contributed by atoms with E-state index in [1.54, 1.807) is 28.9 Å². The fraction of sp³-hybridized carbons (Fsp3) is 0. The molecule has 0 saturated carbocycles. The van der Waals surface area contributed by atoms with Crippen LogP contribution in [0.1, 0.15) is 0 Å². The van der Waals surface area contributed by atoms with Crippen LogP contribution in [0.2, 0.25) is 0 Å². The Kier molecular flexibility index (Phi) is 6.42. The van der Waals surface area contributed by atoms with Crippen molar-refractivity contribution >= 4 is 39.1 Å². The van der Waals surface area contributed by atoms with E-state index in [2.05, 4.69) is 0 Å². The van der Waals surface area contributed by atoms with Crippen molar-refractivity contribution in [3.05, 3.63) is 158 Å². The molecule has 4 nitrogen and oxygen atoms in total. The van der Waals surface area contributed by atoms with Crippen molar-refractivity contribution < 1.29 is 13.0 Å². The van der Waals surface area contributed by atoms with Gasteiger partial charge in [-0.1, -0.05) is 109 Å². The molecular formula is C36H26NO3PS. The lowest BCUT2D eigenvalue weighted by Crippen LogP contribution is -2.29. The number of hydrogen-bond donors (Lipinski definition) is 0. The van der Waals surface area contributed by atoms with Crippen LogP contribution in [-0.2, 0) is 14.4 Å². The van der Waals surface area contributed by atoms with Gasteiger partial charge in [0.1, 0.15) is 0 Å². The standard InChI is InChI=1S/C36H26NO3PS/c38-41(32-19-11-4-12-20-32)34-24-22-30(28-15-7-2-8-16-28)26-36(34)42(39,40)35-25-29(27-13-5-1-6-14-27)21-23-33(35)37(41)31-17-9-3-10-18-31/h1-26H. The van der Waals surface area contributed by atoms with Crippen LogP contribution >= 0.6 is 7.29 Å². The van der Waals surface area contributed by atoms with Gasteiger partial charge in [-0.15, -0.1) is 0 Å². The summed E-state index contributed by atoms with van der Waals surface area (Å²) in [5, 5.41) is 0.840. The van der Waals surface area contributed by atoms with Gasteiger partial charge in [-0.05, 0) is 70.8 Å². The number of fused-ring (bicyclic) bond motifs is 2. The predicted molar refractivity (Wildman–Crippen MR) is 171 cm³/mol. The minimum atomic E-state index is -4.13. The monoisotopic (exact) mass is 583 g/mol. The van der Waals surface area contributed by atoms with Crippen molar-refractivity contribution in [1.29, 1.82) is 0 Å². The Hall–Kier alpha value is -4.70. The highest BCUT2D eigenvalue weighted by Gasteiger charge is 2.45. The van der Waals surface area contributed by atoms with Gasteiger partial charge >= 0.3 is 0 Å². The number of para-hydroxylation sites is 1. The predicted octanol–water partition coefficient (Wildman–Crippen LogP) is 8.23. The van der Waals surface area contributed by atoms with Crippen LogP contribution < -0.4 is 15.3 Å². The SMILES string of the molecule is O=P1(c2ccccc2)c2ccc(-c3ccccc3)cc2S(=O)(=O)c2cc(-c3ccccc3)ccc2N1c1ccccc1. The van der Waals surface area contributed by atoms with Crippen LogP contribution in [0.4, 0.5) is 11.4 Å². The molecule has 0 spiro atoms. The number of hydrogen-bond acceptors (Lipinski definition) is 3. The fourth-order valence-corrected chi connectivity index (χ4v) is 10.9. The normalized spacial score (nSPS) is 17.1. The lowest BCUT2D eigenvalue weighted by Gasteiger charge is -2.34. The number of nitrogens with zero attached hydrogens (tertiary/aromatic N) is 1. The maximum atomic E-state index is 15.9. The molecule has 204 valence electrons. The highest BCUT2D eigenvalue weighted by molar-refractivity contribution is 7.93. The van der Waals surface area contributed by atoms with E-state index >= 15 is 4.57 Å². The highest BCUT2D eigenvalue weighted by atomic mass is 32.2. The molecule has 1 atom stereocenters. The third-order valence-corrected chi connectivity index (χ3v) is 12.7. The van der Waals surface area contributed by atoms with Crippen molar-refractivity contribution in [2.24, 2.45) is 0 Å². The zero-order chi connectivity index (χ0) is 28.7. The first kappa shape index (κ1) is 26.2. The molecule has 6 aromatic carbocycles. The summed E-state index contributed by atoms with van der Waals surface area (Å²) in [7, 11) is -7.92. The largest absolute Gasteiger partial charge is 0.289 e. The quantitative estimate of drug-likeness (QED) is 0.196. The van der Waals surface area contributed by atoms with Gasteiger partial charge in [-0.2, -0.15) is 0 Å². The fourth-order valence-electron chi connectivity index (χ4n) is 5.64. The molecule has 0 bridgehead atoms. The number of anilines is 2. The third kappa shape index (κ3) is 4.21. The van der Waals surface area contributed by atoms with Crippen molar-refractivity contribution in [1.82, 2.24) is 0 Å². The molecular weight excluding hydrogens is 557 g/mol. The third-order valence-electron chi connectivity index (χ3n) is 7.66. The Morgan fingerprint density at radius 3 is 1.52 bits per heavy atom. The Labute approximate surface area is 245 Å². The molecule has 1 aliphatic rings. The summed E-state index contributed by atoms with van der Waals surface area (Å²) in [6.07, 6.45) is 0. The highest BCUT2D eigenvalue weighted by Crippen LogP contribution is 2.59. The van der Waals surface area contributed by atoms with E-state index in [0.717, 1.165) is 22.3 Å². The van der Waals surface area contributed by atoms with Crippen LogP contribution in [0.25, 0.3) is 22.3 Å². The van der Waals surface area contributed by atoms with Crippen LogP contribution in [0.15, 0.2) is 168 Å². The molecule has 0 N–H and O–H groups in total. The first-order valence-electron chi connectivity index (χ1n) is 13.6. The Balaban J connectivity index is 1.62. The van der Waals surface area contributed by atoms with Gasteiger partial charge in [0.2, 0.25) is 17.1 Å². The molecule has 0 saturated heterocycles. The van der Waals surface area contributed by atoms with Gasteiger partial charge in [0.25, 0.3) is 0 Å². The Bertz CT molecular complexity index is 2070. The zero-order valence-corrected chi connectivity index (χ0v) is 24.2. The van der Waals surface area contributed by atoms with Gasteiger partial charge in [0.15, 0.2) is 0 Å². The molecule has 1 unspecified atom stereocenters. The van der Waals surface area contributed by atoms with Gasteiger partial charge in [-0.25, -0.2) is 8.42 Å². The van der Waals surface area contributed by atoms with Gasteiger partial charge in [-0.3, -0.25) is 9.24 Å². The van der Waals surface area contributed by atoms with Crippen LogP contribution in [-0.4, -0.2) is 8.42 Å². The first-order valence-corrected chi connectivity index (χ1v) is 16.8. The van der Waals surface area contributed by atoms with Crippen LogP contribution in [0, 0.1) is 0 Å². The van der Waals surface area contributed by atoms with E-state index in [0.29, 0.717) is 16.7 Å². The summed E-state index contributed by atoms with van der Waals surface area (Å²) in [4.78, 5) is 0.175. The van der Waals surface area contributed by atoms with E-state index < -0.39 is 17.1 Å². The summed E-state index contributed by atoms with van der Waals surface area (Å²) < 4.78 is 47.3. The second-order valence-electron chi connectivity index (χ2n) is 10.2. The summed E-state index contributed by atoms with van der Waals surface area (Å²) in [6.45, 7) is 0. The van der Waals surface area contributed by atoms with Crippen molar-refractivity contribution in [3.63, 3.8) is 0 Å².